The first kappa shape index (κ1) is 17.1. The number of benzene rings is 1. The highest BCUT2D eigenvalue weighted by atomic mass is 16.4. The molecular formula is C18H24N2O3. The Bertz CT molecular complexity index is 691. The number of carboxylic acid groups (broad SMARTS) is 1. The standard InChI is InChI=1S/C18H24N2O3/c1-3-5-9-15(18(22)23)19-17(21)11-13-12-20(4-2)16-10-7-6-8-14(13)16/h6-8,10,12,15H,3-5,9,11H2,1-2H3,(H,19,21)(H,22,23)/t15-/m0/s1. The molecule has 1 heterocycles. The van der Waals surface area contributed by atoms with Gasteiger partial charge in [-0.1, -0.05) is 38.0 Å². The Balaban J connectivity index is 2.12. The van der Waals surface area contributed by atoms with E-state index in [1.807, 2.05) is 37.4 Å². The second-order valence-corrected chi connectivity index (χ2v) is 5.73. The molecule has 0 spiro atoms. The Morgan fingerprint density at radius 2 is 2.00 bits per heavy atom. The minimum absolute atomic E-state index is 0.198. The first-order valence-electron chi connectivity index (χ1n) is 8.15. The molecule has 0 fully saturated rings. The number of aryl methyl sites for hydroxylation is 1. The van der Waals surface area contributed by atoms with Crippen molar-refractivity contribution in [1.82, 2.24) is 9.88 Å². The fourth-order valence-corrected chi connectivity index (χ4v) is 2.81. The highest BCUT2D eigenvalue weighted by Crippen LogP contribution is 2.21. The quantitative estimate of drug-likeness (QED) is 0.786. The van der Waals surface area contributed by atoms with E-state index in [1.54, 1.807) is 0 Å². The Hall–Kier alpha value is -2.30. The molecule has 2 N–H and O–H groups in total. The Labute approximate surface area is 136 Å². The molecule has 0 radical (unpaired) electrons. The monoisotopic (exact) mass is 316 g/mol. The van der Waals surface area contributed by atoms with Gasteiger partial charge in [-0.25, -0.2) is 4.79 Å². The van der Waals surface area contributed by atoms with Crippen molar-refractivity contribution in [3.8, 4) is 0 Å². The summed E-state index contributed by atoms with van der Waals surface area (Å²) in [6.07, 6.45) is 4.33. The summed E-state index contributed by atoms with van der Waals surface area (Å²) >= 11 is 0. The van der Waals surface area contributed by atoms with Crippen LogP contribution in [-0.2, 0) is 22.6 Å². The molecule has 5 nitrogen and oxygen atoms in total. The number of carbonyl (C=O) groups excluding carboxylic acids is 1. The number of aromatic nitrogens is 1. The third-order valence-electron chi connectivity index (χ3n) is 4.04. The second kappa shape index (κ2) is 7.81. The molecule has 1 amide bonds. The number of aliphatic carboxylic acids is 1. The second-order valence-electron chi connectivity index (χ2n) is 5.73. The van der Waals surface area contributed by atoms with Gasteiger partial charge in [0.05, 0.1) is 6.42 Å². The number of para-hydroxylation sites is 1. The maximum absolute atomic E-state index is 12.2. The van der Waals surface area contributed by atoms with Crippen molar-refractivity contribution in [1.29, 1.82) is 0 Å². The predicted octanol–water partition coefficient (Wildman–Crippen LogP) is 2.96. The molecule has 0 aliphatic rings. The predicted molar refractivity (Wildman–Crippen MR) is 90.4 cm³/mol. The summed E-state index contributed by atoms with van der Waals surface area (Å²) in [6, 6.07) is 7.15. The normalized spacial score (nSPS) is 12.3. The molecule has 1 atom stereocenters. The lowest BCUT2D eigenvalue weighted by Gasteiger charge is -2.13. The van der Waals surface area contributed by atoms with E-state index >= 15 is 0 Å². The number of rotatable bonds is 8. The number of nitrogens with zero attached hydrogens (tertiary/aromatic N) is 1. The highest BCUT2D eigenvalue weighted by Gasteiger charge is 2.20. The van der Waals surface area contributed by atoms with Crippen LogP contribution in [-0.4, -0.2) is 27.6 Å². The molecule has 2 rings (SSSR count). The lowest BCUT2D eigenvalue weighted by Crippen LogP contribution is -2.41. The van der Waals surface area contributed by atoms with Crippen LogP contribution in [0, 0.1) is 0 Å². The fourth-order valence-electron chi connectivity index (χ4n) is 2.81. The molecule has 0 aliphatic heterocycles. The van der Waals surface area contributed by atoms with E-state index in [4.69, 9.17) is 0 Å². The van der Waals surface area contributed by atoms with E-state index in [2.05, 4.69) is 16.8 Å². The van der Waals surface area contributed by atoms with Gasteiger partial charge >= 0.3 is 5.97 Å². The number of unbranched alkanes of at least 4 members (excludes halogenated alkanes) is 1. The summed E-state index contributed by atoms with van der Waals surface area (Å²) in [7, 11) is 0. The van der Waals surface area contributed by atoms with Crippen LogP contribution in [0.25, 0.3) is 10.9 Å². The van der Waals surface area contributed by atoms with Crippen molar-refractivity contribution in [2.24, 2.45) is 0 Å². The van der Waals surface area contributed by atoms with E-state index in [1.165, 1.54) is 0 Å². The van der Waals surface area contributed by atoms with Crippen LogP contribution in [0.2, 0.25) is 0 Å². The van der Waals surface area contributed by atoms with Crippen LogP contribution in [0.1, 0.15) is 38.7 Å². The van der Waals surface area contributed by atoms with Crippen LogP contribution >= 0.6 is 0 Å². The number of carbonyl (C=O) groups is 2. The van der Waals surface area contributed by atoms with Gasteiger partial charge in [-0.15, -0.1) is 0 Å². The van der Waals surface area contributed by atoms with Gasteiger partial charge in [0.15, 0.2) is 0 Å². The largest absolute Gasteiger partial charge is 0.480 e. The van der Waals surface area contributed by atoms with E-state index in [0.717, 1.165) is 35.9 Å². The molecule has 23 heavy (non-hydrogen) atoms. The van der Waals surface area contributed by atoms with E-state index in [9.17, 15) is 14.7 Å². The summed E-state index contributed by atoms with van der Waals surface area (Å²) < 4.78 is 2.10. The average Bonchev–Trinajstić information content (AvgIpc) is 2.89. The van der Waals surface area contributed by atoms with Crippen LogP contribution in [0.4, 0.5) is 0 Å². The summed E-state index contributed by atoms with van der Waals surface area (Å²) in [6.45, 7) is 4.89. The Kier molecular flexibility index (Phi) is 5.79. The topological polar surface area (TPSA) is 71.3 Å². The van der Waals surface area contributed by atoms with Crippen LogP contribution in [0.3, 0.4) is 0 Å². The molecule has 0 bridgehead atoms. The van der Waals surface area contributed by atoms with Crippen LogP contribution < -0.4 is 5.32 Å². The van der Waals surface area contributed by atoms with E-state index in [-0.39, 0.29) is 12.3 Å². The van der Waals surface area contributed by atoms with Gasteiger partial charge in [-0.2, -0.15) is 0 Å². The number of nitrogens with one attached hydrogen (secondary N) is 1. The average molecular weight is 316 g/mol. The number of fused-ring (bicyclic) bond motifs is 1. The lowest BCUT2D eigenvalue weighted by atomic mass is 10.1. The number of hydrogen-bond acceptors (Lipinski definition) is 2. The van der Waals surface area contributed by atoms with Gasteiger partial charge in [0.25, 0.3) is 0 Å². The molecule has 5 heteroatoms. The van der Waals surface area contributed by atoms with Gasteiger partial charge < -0.3 is 15.0 Å². The van der Waals surface area contributed by atoms with Gasteiger partial charge in [-0.05, 0) is 25.0 Å². The molecule has 0 saturated carbocycles. The summed E-state index contributed by atoms with van der Waals surface area (Å²) in [5.74, 6) is -1.21. The van der Waals surface area contributed by atoms with Gasteiger partial charge in [0, 0.05) is 23.6 Å². The van der Waals surface area contributed by atoms with Gasteiger partial charge in [-0.3, -0.25) is 4.79 Å². The zero-order chi connectivity index (χ0) is 16.8. The number of carboxylic acids is 1. The molecule has 0 aliphatic carbocycles. The van der Waals surface area contributed by atoms with Crippen molar-refractivity contribution >= 4 is 22.8 Å². The van der Waals surface area contributed by atoms with Crippen molar-refractivity contribution in [2.75, 3.05) is 0 Å². The van der Waals surface area contributed by atoms with Crippen molar-refractivity contribution in [2.45, 2.75) is 52.1 Å². The van der Waals surface area contributed by atoms with Crippen molar-refractivity contribution < 1.29 is 14.7 Å². The fraction of sp³-hybridized carbons (Fsp3) is 0.444. The van der Waals surface area contributed by atoms with Crippen molar-refractivity contribution in [3.05, 3.63) is 36.0 Å². The summed E-state index contributed by atoms with van der Waals surface area (Å²) in [4.78, 5) is 23.5. The highest BCUT2D eigenvalue weighted by molar-refractivity contribution is 5.91. The third kappa shape index (κ3) is 4.12. The summed E-state index contributed by atoms with van der Waals surface area (Å²) in [5.41, 5.74) is 2.03. The van der Waals surface area contributed by atoms with Crippen molar-refractivity contribution in [3.63, 3.8) is 0 Å². The van der Waals surface area contributed by atoms with E-state index < -0.39 is 12.0 Å². The lowest BCUT2D eigenvalue weighted by molar-refractivity contribution is -0.141. The molecule has 124 valence electrons. The third-order valence-corrected chi connectivity index (χ3v) is 4.04. The SMILES string of the molecule is CCCC[C@H](NC(=O)Cc1cn(CC)c2ccccc12)C(=O)O. The molecule has 0 saturated heterocycles. The minimum atomic E-state index is -0.970. The van der Waals surface area contributed by atoms with Gasteiger partial charge in [0.1, 0.15) is 6.04 Å². The molecule has 1 aromatic carbocycles. The number of hydrogen-bond donors (Lipinski definition) is 2. The van der Waals surface area contributed by atoms with Gasteiger partial charge in [0.2, 0.25) is 5.91 Å². The Morgan fingerprint density at radius 1 is 1.26 bits per heavy atom. The maximum Gasteiger partial charge on any atom is 0.326 e. The molecule has 2 aromatic rings. The van der Waals surface area contributed by atoms with Crippen LogP contribution in [0.15, 0.2) is 30.5 Å². The Morgan fingerprint density at radius 3 is 2.65 bits per heavy atom. The molecule has 1 aromatic heterocycles. The maximum atomic E-state index is 12.2. The zero-order valence-electron chi connectivity index (χ0n) is 13.7. The first-order chi connectivity index (χ1) is 11.1. The summed E-state index contributed by atoms with van der Waals surface area (Å²) in [5, 5.41) is 12.9. The molecule has 0 unspecified atom stereocenters. The smallest absolute Gasteiger partial charge is 0.326 e. The molecular weight excluding hydrogens is 292 g/mol. The van der Waals surface area contributed by atoms with Crippen LogP contribution in [0.5, 0.6) is 0 Å². The zero-order valence-corrected chi connectivity index (χ0v) is 13.7. The minimum Gasteiger partial charge on any atom is -0.480 e. The van der Waals surface area contributed by atoms with E-state index in [0.29, 0.717) is 6.42 Å². The number of amides is 1. The first-order valence-corrected chi connectivity index (χ1v) is 8.15.